The van der Waals surface area contributed by atoms with Crippen molar-refractivity contribution in [3.63, 3.8) is 0 Å². The molecule has 0 spiro atoms. The second kappa shape index (κ2) is 7.52. The molecule has 0 N–H and O–H groups in total. The average Bonchev–Trinajstić information content (AvgIpc) is 2.04. The van der Waals surface area contributed by atoms with E-state index in [-0.39, 0.29) is 19.5 Å². The predicted molar refractivity (Wildman–Crippen MR) is 52.3 cm³/mol. The molecule has 0 radical (unpaired) electrons. The summed E-state index contributed by atoms with van der Waals surface area (Å²) >= 11 is 0. The standard InChI is InChI=1S/C6H6N.C5H10O2.Zn/c1-6-4-2-3-5-7-6;1-5(2,3)4(6)7;/h2-4H,1H3;1-3H3,(H,6,7);/q-1;;+2/p-1. The number of nitrogens with zero attached hydrogens (tertiary/aromatic N) is 1. The molecule has 4 heteroatoms. The van der Waals surface area contributed by atoms with Crippen molar-refractivity contribution in [2.45, 2.75) is 27.7 Å². The van der Waals surface area contributed by atoms with Crippen LogP contribution >= 0.6 is 0 Å². The van der Waals surface area contributed by atoms with Gasteiger partial charge in [-0.05, 0) is 0 Å². The molecule has 0 atom stereocenters. The molecule has 15 heavy (non-hydrogen) atoms. The number of carbonyl (C=O) groups is 1. The van der Waals surface area contributed by atoms with Gasteiger partial charge in [0.1, 0.15) is 0 Å². The minimum Gasteiger partial charge on any atom is -0.550 e. The maximum absolute atomic E-state index is 9.91. The zero-order valence-electron chi connectivity index (χ0n) is 9.70. The van der Waals surface area contributed by atoms with Crippen LogP contribution in [-0.2, 0) is 24.3 Å². The Morgan fingerprint density at radius 1 is 1.47 bits per heavy atom. The minimum absolute atomic E-state index is 0. The van der Waals surface area contributed by atoms with Crippen LogP contribution in [0.3, 0.4) is 0 Å². The van der Waals surface area contributed by atoms with Crippen molar-refractivity contribution in [3.05, 3.63) is 30.1 Å². The van der Waals surface area contributed by atoms with E-state index in [1.54, 1.807) is 26.8 Å². The van der Waals surface area contributed by atoms with Gasteiger partial charge in [0.2, 0.25) is 0 Å². The van der Waals surface area contributed by atoms with Crippen molar-refractivity contribution < 1.29 is 29.4 Å². The molecule has 0 unspecified atom stereocenters. The van der Waals surface area contributed by atoms with Gasteiger partial charge in [0.25, 0.3) is 0 Å². The van der Waals surface area contributed by atoms with E-state index in [9.17, 15) is 9.90 Å². The molecule has 1 rings (SSSR count). The Bertz CT molecular complexity index is 280. The van der Waals surface area contributed by atoms with Gasteiger partial charge in [-0.3, -0.25) is 0 Å². The number of pyridine rings is 1. The van der Waals surface area contributed by atoms with E-state index >= 15 is 0 Å². The molecule has 0 aromatic carbocycles. The molecular formula is C11H15NO2Zn. The first-order chi connectivity index (χ1) is 6.34. The third-order valence-electron chi connectivity index (χ3n) is 1.36. The molecular weight excluding hydrogens is 244 g/mol. The fourth-order valence-electron chi connectivity index (χ4n) is 0.407. The topological polar surface area (TPSA) is 53.0 Å². The first-order valence-electron chi connectivity index (χ1n) is 4.35. The van der Waals surface area contributed by atoms with Crippen LogP contribution in [0, 0.1) is 18.5 Å². The normalized spacial score (nSPS) is 9.33. The molecule has 0 saturated heterocycles. The summed E-state index contributed by atoms with van der Waals surface area (Å²) in [5, 5.41) is 9.91. The molecule has 78 valence electrons. The van der Waals surface area contributed by atoms with Crippen LogP contribution in [0.25, 0.3) is 0 Å². The van der Waals surface area contributed by atoms with E-state index in [2.05, 4.69) is 11.2 Å². The number of aromatic nitrogens is 1. The van der Waals surface area contributed by atoms with Crippen molar-refractivity contribution >= 4 is 5.97 Å². The van der Waals surface area contributed by atoms with E-state index in [4.69, 9.17) is 0 Å². The smallest absolute Gasteiger partial charge is 0.550 e. The molecule has 0 saturated carbocycles. The third-order valence-corrected chi connectivity index (χ3v) is 1.36. The molecule has 0 bridgehead atoms. The molecule has 1 heterocycles. The summed E-state index contributed by atoms with van der Waals surface area (Å²) in [6.07, 6.45) is 2.71. The largest absolute Gasteiger partial charge is 2.00 e. The zero-order chi connectivity index (χ0) is 11.2. The van der Waals surface area contributed by atoms with Gasteiger partial charge in [-0.15, -0.1) is 0 Å². The Balaban J connectivity index is 0. The number of rotatable bonds is 0. The molecule has 1 aromatic heterocycles. The van der Waals surface area contributed by atoms with Crippen LogP contribution in [0.5, 0.6) is 0 Å². The third kappa shape index (κ3) is 9.55. The summed E-state index contributed by atoms with van der Waals surface area (Å²) in [4.78, 5) is 13.8. The van der Waals surface area contributed by atoms with Gasteiger partial charge < -0.3 is 14.9 Å². The summed E-state index contributed by atoms with van der Waals surface area (Å²) in [5.41, 5.74) is 0.322. The predicted octanol–water partition coefficient (Wildman–Crippen LogP) is 0.970. The fourth-order valence-corrected chi connectivity index (χ4v) is 0.407. The van der Waals surface area contributed by atoms with E-state index in [1.165, 1.54) is 0 Å². The van der Waals surface area contributed by atoms with Crippen molar-refractivity contribution in [1.29, 1.82) is 0 Å². The van der Waals surface area contributed by atoms with E-state index in [0.29, 0.717) is 0 Å². The van der Waals surface area contributed by atoms with Gasteiger partial charge >= 0.3 is 19.5 Å². The zero-order valence-corrected chi connectivity index (χ0v) is 12.7. The first kappa shape index (κ1) is 16.7. The first-order valence-corrected chi connectivity index (χ1v) is 4.35. The second-order valence-corrected chi connectivity index (χ2v) is 3.95. The number of aliphatic carboxylic acids is 1. The van der Waals surface area contributed by atoms with Crippen LogP contribution in [0.2, 0.25) is 0 Å². The van der Waals surface area contributed by atoms with E-state index in [1.807, 2.05) is 19.1 Å². The quantitative estimate of drug-likeness (QED) is 0.515. The molecule has 1 aromatic rings. The van der Waals surface area contributed by atoms with Crippen LogP contribution < -0.4 is 5.11 Å². The Morgan fingerprint density at radius 3 is 2.07 bits per heavy atom. The summed E-state index contributed by atoms with van der Waals surface area (Å²) in [5.74, 6) is -1.01. The van der Waals surface area contributed by atoms with Gasteiger partial charge in [-0.1, -0.05) is 39.6 Å². The van der Waals surface area contributed by atoms with Gasteiger partial charge in [-0.2, -0.15) is 18.2 Å². The fraction of sp³-hybridized carbons (Fsp3) is 0.455. The number of carboxylic acid groups (broad SMARTS) is 1. The van der Waals surface area contributed by atoms with Crippen LogP contribution in [0.15, 0.2) is 18.2 Å². The maximum Gasteiger partial charge on any atom is 2.00 e. The number of aryl methyl sites for hydroxylation is 1. The van der Waals surface area contributed by atoms with Crippen molar-refractivity contribution in [2.24, 2.45) is 5.41 Å². The van der Waals surface area contributed by atoms with E-state index in [0.717, 1.165) is 5.69 Å². The summed E-state index contributed by atoms with van der Waals surface area (Å²) < 4.78 is 0. The Labute approximate surface area is 104 Å². The van der Waals surface area contributed by atoms with Gasteiger partial charge in [-0.25, -0.2) is 0 Å². The van der Waals surface area contributed by atoms with Crippen molar-refractivity contribution in [2.75, 3.05) is 0 Å². The van der Waals surface area contributed by atoms with Gasteiger partial charge in [0.05, 0.1) is 0 Å². The van der Waals surface area contributed by atoms with Gasteiger partial charge in [0, 0.05) is 11.4 Å². The van der Waals surface area contributed by atoms with Crippen molar-refractivity contribution in [1.82, 2.24) is 4.98 Å². The van der Waals surface area contributed by atoms with Crippen molar-refractivity contribution in [3.8, 4) is 0 Å². The molecule has 0 aliphatic rings. The van der Waals surface area contributed by atoms with Crippen LogP contribution in [-0.4, -0.2) is 11.0 Å². The number of hydrogen-bond acceptors (Lipinski definition) is 3. The summed E-state index contributed by atoms with van der Waals surface area (Å²) in [6.45, 7) is 6.74. The minimum atomic E-state index is -1.01. The molecule has 0 aliphatic heterocycles. The van der Waals surface area contributed by atoms with E-state index < -0.39 is 11.4 Å². The molecule has 0 amide bonds. The van der Waals surface area contributed by atoms with Crippen LogP contribution in [0.1, 0.15) is 26.5 Å². The van der Waals surface area contributed by atoms with Gasteiger partial charge in [0.15, 0.2) is 0 Å². The maximum atomic E-state index is 9.91. The Hall–Kier alpha value is -0.757. The number of hydrogen-bond donors (Lipinski definition) is 0. The number of carboxylic acids is 1. The molecule has 0 aliphatic carbocycles. The summed E-state index contributed by atoms with van der Waals surface area (Å²) in [7, 11) is 0. The second-order valence-electron chi connectivity index (χ2n) is 3.95. The SMILES string of the molecule is CC(C)(C)C(=O)[O-].Cc1ccc[c-]n1.[Zn+2]. The Morgan fingerprint density at radius 2 is 1.93 bits per heavy atom. The molecule has 3 nitrogen and oxygen atoms in total. The Kier molecular flexibility index (Phi) is 8.36. The number of carbonyl (C=O) groups excluding carboxylic acids is 1. The molecule has 0 fully saturated rings. The summed E-state index contributed by atoms with van der Waals surface area (Å²) in [6, 6.07) is 5.64. The van der Waals surface area contributed by atoms with Crippen LogP contribution in [0.4, 0.5) is 0 Å². The monoisotopic (exact) mass is 257 g/mol. The average molecular weight is 259 g/mol.